The van der Waals surface area contributed by atoms with Gasteiger partial charge in [-0.05, 0) is 18.6 Å². The molecule has 0 fully saturated rings. The molecule has 0 aliphatic heterocycles. The lowest BCUT2D eigenvalue weighted by atomic mass is 10.2. The van der Waals surface area contributed by atoms with Gasteiger partial charge in [0.2, 0.25) is 0 Å². The van der Waals surface area contributed by atoms with E-state index >= 15 is 0 Å². The van der Waals surface area contributed by atoms with Gasteiger partial charge in [-0.2, -0.15) is 0 Å². The highest BCUT2D eigenvalue weighted by atomic mass is 16.5. The molecule has 17 heavy (non-hydrogen) atoms. The van der Waals surface area contributed by atoms with Crippen LogP contribution in [0.3, 0.4) is 0 Å². The molecular formula is C13H16O4. The number of aliphatic hydroxyl groups is 1. The van der Waals surface area contributed by atoms with Crippen LogP contribution in [0.15, 0.2) is 42.5 Å². The Balaban J connectivity index is 2.53. The molecule has 92 valence electrons. The predicted molar refractivity (Wildman–Crippen MR) is 63.5 cm³/mol. The fourth-order valence-electron chi connectivity index (χ4n) is 1.30. The van der Waals surface area contributed by atoms with Crippen LogP contribution in [0.4, 0.5) is 0 Å². The molecule has 0 heterocycles. The SMILES string of the molecule is C[C@H](O)[C@@H](C=CC(=O)O)OCc1ccccc1. The van der Waals surface area contributed by atoms with Gasteiger partial charge >= 0.3 is 5.97 Å². The first-order chi connectivity index (χ1) is 8.09. The van der Waals surface area contributed by atoms with E-state index in [4.69, 9.17) is 9.84 Å². The summed E-state index contributed by atoms with van der Waals surface area (Å²) in [5, 5.41) is 17.9. The Kier molecular flexibility index (Phi) is 5.39. The van der Waals surface area contributed by atoms with Gasteiger partial charge in [-0.15, -0.1) is 0 Å². The number of rotatable bonds is 6. The van der Waals surface area contributed by atoms with Gasteiger partial charge in [0.1, 0.15) is 6.10 Å². The lowest BCUT2D eigenvalue weighted by Gasteiger charge is -2.16. The number of hydrogen-bond donors (Lipinski definition) is 2. The van der Waals surface area contributed by atoms with Crippen LogP contribution in [0.5, 0.6) is 0 Å². The van der Waals surface area contributed by atoms with Gasteiger partial charge in [-0.25, -0.2) is 4.79 Å². The molecule has 0 saturated heterocycles. The third-order valence-electron chi connectivity index (χ3n) is 2.19. The lowest BCUT2D eigenvalue weighted by molar-refractivity contribution is -0.131. The molecule has 0 bridgehead atoms. The van der Waals surface area contributed by atoms with Gasteiger partial charge < -0.3 is 14.9 Å². The Labute approximate surface area is 100 Å². The summed E-state index contributed by atoms with van der Waals surface area (Å²) in [6.45, 7) is 1.89. The molecule has 1 rings (SSSR count). The zero-order valence-electron chi connectivity index (χ0n) is 9.61. The minimum absolute atomic E-state index is 0.334. The van der Waals surface area contributed by atoms with E-state index in [9.17, 15) is 9.90 Å². The Hall–Kier alpha value is -1.65. The summed E-state index contributed by atoms with van der Waals surface area (Å²) < 4.78 is 5.44. The van der Waals surface area contributed by atoms with Crippen LogP contribution in [0.25, 0.3) is 0 Å². The molecule has 0 spiro atoms. The number of benzene rings is 1. The van der Waals surface area contributed by atoms with Crippen LogP contribution >= 0.6 is 0 Å². The van der Waals surface area contributed by atoms with Crippen molar-refractivity contribution >= 4 is 5.97 Å². The highest BCUT2D eigenvalue weighted by Gasteiger charge is 2.12. The molecule has 4 nitrogen and oxygen atoms in total. The number of carbonyl (C=O) groups is 1. The fourth-order valence-corrected chi connectivity index (χ4v) is 1.30. The molecule has 1 aromatic carbocycles. The molecule has 0 aromatic heterocycles. The molecule has 0 radical (unpaired) electrons. The van der Waals surface area contributed by atoms with Crippen molar-refractivity contribution in [3.63, 3.8) is 0 Å². The zero-order chi connectivity index (χ0) is 12.7. The molecule has 2 N–H and O–H groups in total. The van der Waals surface area contributed by atoms with Crippen LogP contribution in [0.2, 0.25) is 0 Å². The molecule has 0 saturated carbocycles. The van der Waals surface area contributed by atoms with E-state index in [1.807, 2.05) is 30.3 Å². The first-order valence-corrected chi connectivity index (χ1v) is 5.34. The van der Waals surface area contributed by atoms with Crippen LogP contribution < -0.4 is 0 Å². The smallest absolute Gasteiger partial charge is 0.328 e. The Morgan fingerprint density at radius 1 is 1.41 bits per heavy atom. The average molecular weight is 236 g/mol. The van der Waals surface area contributed by atoms with Crippen molar-refractivity contribution in [2.24, 2.45) is 0 Å². The summed E-state index contributed by atoms with van der Waals surface area (Å²) in [5.41, 5.74) is 0.974. The molecule has 0 amide bonds. The van der Waals surface area contributed by atoms with Gasteiger partial charge in [0, 0.05) is 6.08 Å². The van der Waals surface area contributed by atoms with Crippen LogP contribution in [0, 0.1) is 0 Å². The van der Waals surface area contributed by atoms with Crippen molar-refractivity contribution in [1.29, 1.82) is 0 Å². The highest BCUT2D eigenvalue weighted by molar-refractivity contribution is 5.79. The molecule has 0 unspecified atom stereocenters. The van der Waals surface area contributed by atoms with E-state index in [0.29, 0.717) is 6.61 Å². The summed E-state index contributed by atoms with van der Waals surface area (Å²) >= 11 is 0. The van der Waals surface area contributed by atoms with Gasteiger partial charge in [-0.3, -0.25) is 0 Å². The van der Waals surface area contributed by atoms with E-state index < -0.39 is 18.2 Å². The standard InChI is InChI=1S/C13H16O4/c1-10(14)12(7-8-13(15)16)17-9-11-5-3-2-4-6-11/h2-8,10,12,14H,9H2,1H3,(H,15,16)/t10-,12+/m0/s1. The first kappa shape index (κ1) is 13.4. The first-order valence-electron chi connectivity index (χ1n) is 5.34. The summed E-state index contributed by atoms with van der Waals surface area (Å²) in [6, 6.07) is 9.49. The Morgan fingerprint density at radius 3 is 2.59 bits per heavy atom. The van der Waals surface area contributed by atoms with Crippen LogP contribution in [-0.4, -0.2) is 28.4 Å². The fraction of sp³-hybridized carbons (Fsp3) is 0.308. The largest absolute Gasteiger partial charge is 0.478 e. The van der Waals surface area contributed by atoms with Crippen molar-refractivity contribution in [3.05, 3.63) is 48.0 Å². The molecule has 0 aliphatic carbocycles. The van der Waals surface area contributed by atoms with Crippen molar-refractivity contribution in [2.45, 2.75) is 25.7 Å². The minimum atomic E-state index is -1.06. The Bertz CT molecular complexity index is 370. The highest BCUT2D eigenvalue weighted by Crippen LogP contribution is 2.07. The Morgan fingerprint density at radius 2 is 2.06 bits per heavy atom. The van der Waals surface area contributed by atoms with E-state index in [-0.39, 0.29) is 0 Å². The van der Waals surface area contributed by atoms with Crippen LogP contribution in [0.1, 0.15) is 12.5 Å². The number of ether oxygens (including phenoxy) is 1. The number of hydrogen-bond acceptors (Lipinski definition) is 3. The number of aliphatic hydroxyl groups excluding tert-OH is 1. The van der Waals surface area contributed by atoms with Crippen molar-refractivity contribution in [3.8, 4) is 0 Å². The van der Waals surface area contributed by atoms with Crippen molar-refractivity contribution < 1.29 is 19.7 Å². The zero-order valence-corrected chi connectivity index (χ0v) is 9.61. The minimum Gasteiger partial charge on any atom is -0.478 e. The molecular weight excluding hydrogens is 220 g/mol. The second-order valence-corrected chi connectivity index (χ2v) is 3.70. The maximum Gasteiger partial charge on any atom is 0.328 e. The summed E-state index contributed by atoms with van der Waals surface area (Å²) in [4.78, 5) is 10.4. The lowest BCUT2D eigenvalue weighted by Crippen LogP contribution is -2.24. The maximum absolute atomic E-state index is 10.4. The average Bonchev–Trinajstić information content (AvgIpc) is 2.29. The number of carboxylic acids is 1. The van der Waals surface area contributed by atoms with Gasteiger partial charge in [-0.1, -0.05) is 30.3 Å². The number of carboxylic acid groups (broad SMARTS) is 1. The third kappa shape index (κ3) is 5.29. The van der Waals surface area contributed by atoms with Crippen molar-refractivity contribution in [2.75, 3.05) is 0 Å². The summed E-state index contributed by atoms with van der Waals surface area (Å²) in [5.74, 6) is -1.06. The topological polar surface area (TPSA) is 66.8 Å². The normalized spacial score (nSPS) is 14.7. The third-order valence-corrected chi connectivity index (χ3v) is 2.19. The van der Waals surface area contributed by atoms with E-state index in [0.717, 1.165) is 11.6 Å². The molecule has 2 atom stereocenters. The van der Waals surface area contributed by atoms with E-state index in [1.54, 1.807) is 6.92 Å². The molecule has 1 aromatic rings. The van der Waals surface area contributed by atoms with E-state index in [2.05, 4.69) is 0 Å². The quantitative estimate of drug-likeness (QED) is 0.736. The number of aliphatic carboxylic acids is 1. The monoisotopic (exact) mass is 236 g/mol. The van der Waals surface area contributed by atoms with Crippen LogP contribution in [-0.2, 0) is 16.1 Å². The van der Waals surface area contributed by atoms with Gasteiger partial charge in [0.05, 0.1) is 12.7 Å². The van der Waals surface area contributed by atoms with E-state index in [1.165, 1.54) is 6.08 Å². The van der Waals surface area contributed by atoms with Gasteiger partial charge in [0.25, 0.3) is 0 Å². The van der Waals surface area contributed by atoms with Crippen molar-refractivity contribution in [1.82, 2.24) is 0 Å². The predicted octanol–water partition coefficient (Wildman–Crippen LogP) is 1.59. The summed E-state index contributed by atoms with van der Waals surface area (Å²) in [6.07, 6.45) is 0.943. The second-order valence-electron chi connectivity index (χ2n) is 3.70. The maximum atomic E-state index is 10.4. The van der Waals surface area contributed by atoms with Gasteiger partial charge in [0.15, 0.2) is 0 Å². The summed E-state index contributed by atoms with van der Waals surface area (Å²) in [7, 11) is 0. The second kappa shape index (κ2) is 6.83. The molecule has 0 aliphatic rings. The molecule has 4 heteroatoms.